The Morgan fingerprint density at radius 2 is 1.88 bits per heavy atom. The van der Waals surface area contributed by atoms with E-state index in [-0.39, 0.29) is 4.90 Å². The number of aromatic nitrogens is 2. The summed E-state index contributed by atoms with van der Waals surface area (Å²) in [7, 11) is -4.00. The first-order valence-corrected chi connectivity index (χ1v) is 8.37. The number of nitrogens with one attached hydrogen (secondary N) is 1. The third kappa shape index (κ3) is 4.79. The second-order valence-electron chi connectivity index (χ2n) is 5.15. The van der Waals surface area contributed by atoms with Crippen LogP contribution < -0.4 is 5.32 Å². The van der Waals surface area contributed by atoms with Crippen molar-refractivity contribution >= 4 is 10.1 Å². The highest BCUT2D eigenvalue weighted by Gasteiger charge is 2.31. The lowest BCUT2D eigenvalue weighted by Gasteiger charge is -2.11. The molecule has 0 bridgehead atoms. The van der Waals surface area contributed by atoms with Crippen molar-refractivity contribution in [3.8, 4) is 0 Å². The van der Waals surface area contributed by atoms with E-state index in [0.29, 0.717) is 24.6 Å². The number of halogens is 3. The molecule has 0 saturated carbocycles. The van der Waals surface area contributed by atoms with Crippen LogP contribution >= 0.6 is 0 Å². The van der Waals surface area contributed by atoms with Crippen LogP contribution in [0.3, 0.4) is 0 Å². The van der Waals surface area contributed by atoms with Gasteiger partial charge in [0.05, 0.1) is 16.3 Å². The van der Waals surface area contributed by atoms with E-state index in [4.69, 9.17) is 4.55 Å². The second kappa shape index (κ2) is 6.91. The fourth-order valence-corrected chi connectivity index (χ4v) is 2.79. The second-order valence-corrected chi connectivity index (χ2v) is 6.57. The minimum atomic E-state index is -4.18. The number of aryl methyl sites for hydroxylation is 1. The van der Waals surface area contributed by atoms with Gasteiger partial charge in [0.2, 0.25) is 0 Å². The van der Waals surface area contributed by atoms with Crippen LogP contribution in [0.1, 0.15) is 17.2 Å². The molecular weight excluding hydrogens is 347 g/mol. The first-order chi connectivity index (χ1) is 11.1. The fraction of sp³-hybridized carbons (Fsp3) is 0.357. The third-order valence-corrected chi connectivity index (χ3v) is 4.18. The highest BCUT2D eigenvalue weighted by atomic mass is 32.2. The first kappa shape index (κ1) is 18.4. The average Bonchev–Trinajstić information content (AvgIpc) is 3.02. The molecular formula is C14H16F3N3O3S. The molecule has 6 nitrogen and oxygen atoms in total. The molecule has 2 aromatic rings. The topological polar surface area (TPSA) is 84.2 Å². The molecule has 2 N–H and O–H groups in total. The molecule has 0 unspecified atom stereocenters. The zero-order valence-electron chi connectivity index (χ0n) is 12.7. The normalized spacial score (nSPS) is 14.0. The molecule has 0 aliphatic carbocycles. The highest BCUT2D eigenvalue weighted by molar-refractivity contribution is 7.85. The maximum Gasteiger partial charge on any atom is 0.406 e. The average molecular weight is 363 g/mol. The minimum Gasteiger partial charge on any atom is -0.322 e. The Bertz CT molecular complexity index is 802. The van der Waals surface area contributed by atoms with Crippen LogP contribution in [0, 0.1) is 6.92 Å². The van der Waals surface area contributed by atoms with Gasteiger partial charge in [-0.05, 0) is 19.1 Å². The van der Waals surface area contributed by atoms with Gasteiger partial charge in [-0.3, -0.25) is 4.55 Å². The summed E-state index contributed by atoms with van der Waals surface area (Å²) in [5, 5.41) is 2.97. The van der Waals surface area contributed by atoms with E-state index in [1.54, 1.807) is 25.1 Å². The van der Waals surface area contributed by atoms with Gasteiger partial charge in [-0.2, -0.15) is 21.6 Å². The Labute approximate surface area is 137 Å². The van der Waals surface area contributed by atoms with Crippen molar-refractivity contribution < 1.29 is 26.1 Å². The van der Waals surface area contributed by atoms with Crippen LogP contribution in [0.4, 0.5) is 13.2 Å². The quantitative estimate of drug-likeness (QED) is 0.800. The van der Waals surface area contributed by atoms with Crippen LogP contribution in [0.25, 0.3) is 0 Å². The summed E-state index contributed by atoms with van der Waals surface area (Å²) >= 11 is 0. The summed E-state index contributed by atoms with van der Waals surface area (Å²) in [6.45, 7) is 1.71. The predicted molar refractivity (Wildman–Crippen MR) is 79.8 cm³/mol. The number of fused-ring (bicyclic) bond motifs is 1. The molecule has 10 heteroatoms. The maximum absolute atomic E-state index is 12.2. The van der Waals surface area contributed by atoms with Crippen LogP contribution in [-0.4, -0.2) is 28.7 Å². The van der Waals surface area contributed by atoms with Crippen LogP contribution in [-0.2, 0) is 29.8 Å². The van der Waals surface area contributed by atoms with Crippen molar-refractivity contribution in [3.05, 3.63) is 47.5 Å². The van der Waals surface area contributed by atoms with Gasteiger partial charge >= 0.3 is 6.18 Å². The van der Waals surface area contributed by atoms with Crippen molar-refractivity contribution in [1.29, 1.82) is 0 Å². The SMILES string of the molecule is Cc1nc2c(n1CC(F)(F)F)CNC2.O=S(=O)(O)c1ccccc1. The Morgan fingerprint density at radius 1 is 1.25 bits per heavy atom. The largest absolute Gasteiger partial charge is 0.406 e. The molecule has 1 aliphatic heterocycles. The summed E-state index contributed by atoms with van der Waals surface area (Å²) < 4.78 is 67.1. The Hall–Kier alpha value is -1.91. The van der Waals surface area contributed by atoms with E-state index in [0.717, 1.165) is 5.69 Å². The lowest BCUT2D eigenvalue weighted by molar-refractivity contribution is -0.141. The van der Waals surface area contributed by atoms with Gasteiger partial charge < -0.3 is 9.88 Å². The number of alkyl halides is 3. The number of hydrogen-bond donors (Lipinski definition) is 2. The zero-order chi connectivity index (χ0) is 18.0. The van der Waals surface area contributed by atoms with Gasteiger partial charge in [-0.25, -0.2) is 4.98 Å². The van der Waals surface area contributed by atoms with Crippen LogP contribution in [0.5, 0.6) is 0 Å². The lowest BCUT2D eigenvalue weighted by Crippen LogP contribution is -2.21. The molecule has 0 atom stereocenters. The molecule has 0 amide bonds. The van der Waals surface area contributed by atoms with Crippen molar-refractivity contribution in [2.45, 2.75) is 37.6 Å². The van der Waals surface area contributed by atoms with Gasteiger partial charge in [0, 0.05) is 13.1 Å². The molecule has 2 heterocycles. The molecule has 3 rings (SSSR count). The van der Waals surface area contributed by atoms with E-state index in [9.17, 15) is 21.6 Å². The Kier molecular flexibility index (Phi) is 5.31. The molecule has 24 heavy (non-hydrogen) atoms. The van der Waals surface area contributed by atoms with E-state index in [2.05, 4.69) is 10.3 Å². The van der Waals surface area contributed by atoms with Crippen molar-refractivity contribution in [3.63, 3.8) is 0 Å². The fourth-order valence-electron chi connectivity index (χ4n) is 2.29. The van der Waals surface area contributed by atoms with Gasteiger partial charge in [-0.1, -0.05) is 18.2 Å². The number of hydrogen-bond acceptors (Lipinski definition) is 4. The Morgan fingerprint density at radius 3 is 2.38 bits per heavy atom. The minimum absolute atomic E-state index is 0.0741. The molecule has 0 saturated heterocycles. The summed E-state index contributed by atoms with van der Waals surface area (Å²) in [6.07, 6.45) is -4.18. The van der Waals surface area contributed by atoms with Crippen molar-refractivity contribution in [2.75, 3.05) is 0 Å². The number of rotatable bonds is 2. The van der Waals surface area contributed by atoms with E-state index in [1.165, 1.54) is 16.7 Å². The molecule has 0 fully saturated rings. The standard InChI is InChI=1S/C8H10F3N3.C6H6O3S/c1-5-13-6-2-12-3-7(6)14(5)4-8(9,10)11;7-10(8,9)6-4-2-1-3-5-6/h12H,2-4H2,1H3;1-5H,(H,7,8,9). The first-order valence-electron chi connectivity index (χ1n) is 6.93. The number of benzene rings is 1. The van der Waals surface area contributed by atoms with Gasteiger partial charge in [0.1, 0.15) is 12.4 Å². The molecule has 1 aromatic heterocycles. The van der Waals surface area contributed by atoms with Crippen LogP contribution in [0.2, 0.25) is 0 Å². The predicted octanol–water partition coefficient (Wildman–Crippen LogP) is 2.29. The summed E-state index contributed by atoms with van der Waals surface area (Å²) in [6, 6.07) is 7.42. The Balaban J connectivity index is 0.000000185. The van der Waals surface area contributed by atoms with E-state index < -0.39 is 22.8 Å². The van der Waals surface area contributed by atoms with Crippen LogP contribution in [0.15, 0.2) is 35.2 Å². The summed E-state index contributed by atoms with van der Waals surface area (Å²) in [4.78, 5) is 4.00. The molecule has 1 aliphatic rings. The molecule has 0 radical (unpaired) electrons. The van der Waals surface area contributed by atoms with Crippen molar-refractivity contribution in [2.24, 2.45) is 0 Å². The van der Waals surface area contributed by atoms with E-state index >= 15 is 0 Å². The monoisotopic (exact) mass is 363 g/mol. The number of nitrogens with zero attached hydrogens (tertiary/aromatic N) is 2. The van der Waals surface area contributed by atoms with Crippen molar-refractivity contribution in [1.82, 2.24) is 14.9 Å². The molecule has 1 aromatic carbocycles. The number of imidazole rings is 1. The summed E-state index contributed by atoms with van der Waals surface area (Å²) in [5.74, 6) is 0.439. The van der Waals surface area contributed by atoms with Gasteiger partial charge in [-0.15, -0.1) is 0 Å². The van der Waals surface area contributed by atoms with Gasteiger partial charge in [0.15, 0.2) is 0 Å². The van der Waals surface area contributed by atoms with Gasteiger partial charge in [0.25, 0.3) is 10.1 Å². The third-order valence-electron chi connectivity index (χ3n) is 3.31. The summed E-state index contributed by atoms with van der Waals surface area (Å²) in [5.41, 5.74) is 1.41. The highest BCUT2D eigenvalue weighted by Crippen LogP contribution is 2.23. The smallest absolute Gasteiger partial charge is 0.322 e. The maximum atomic E-state index is 12.2. The lowest BCUT2D eigenvalue weighted by atomic mass is 10.4. The molecule has 132 valence electrons. The van der Waals surface area contributed by atoms with E-state index in [1.807, 2.05) is 0 Å². The molecule has 0 spiro atoms. The zero-order valence-corrected chi connectivity index (χ0v) is 13.5.